The number of primary amides is 1. The largest absolute Gasteiger partial charge is 0.438 e. The number of hydrogen-bond acceptors (Lipinski definition) is 7. The van der Waals surface area contributed by atoms with E-state index in [0.29, 0.717) is 27.8 Å². The lowest BCUT2D eigenvalue weighted by atomic mass is 10.1. The van der Waals surface area contributed by atoms with Gasteiger partial charge in [-0.1, -0.05) is 0 Å². The molecule has 0 bridgehead atoms. The predicted octanol–water partition coefficient (Wildman–Crippen LogP) is 3.08. The van der Waals surface area contributed by atoms with Gasteiger partial charge in [0.2, 0.25) is 11.8 Å². The van der Waals surface area contributed by atoms with Gasteiger partial charge >= 0.3 is 6.09 Å². The zero-order valence-corrected chi connectivity index (χ0v) is 14.9. The molecule has 0 aliphatic carbocycles. The van der Waals surface area contributed by atoms with E-state index >= 15 is 0 Å². The number of nitrogens with one attached hydrogen (secondary N) is 1. The first-order valence-corrected chi connectivity index (χ1v) is 8.51. The van der Waals surface area contributed by atoms with Crippen LogP contribution in [0.4, 0.5) is 10.7 Å². The van der Waals surface area contributed by atoms with Gasteiger partial charge in [0.25, 0.3) is 0 Å². The lowest BCUT2D eigenvalue weighted by molar-refractivity contribution is 0.0903. The zero-order valence-electron chi connectivity index (χ0n) is 13.3. The highest BCUT2D eigenvalue weighted by Crippen LogP contribution is 2.29. The summed E-state index contributed by atoms with van der Waals surface area (Å²) in [6, 6.07) is 6.75. The summed E-state index contributed by atoms with van der Waals surface area (Å²) in [6.45, 7) is 1.47. The summed E-state index contributed by atoms with van der Waals surface area (Å²) in [4.78, 5) is 19.4. The molecule has 0 atom stereocenters. The van der Waals surface area contributed by atoms with E-state index < -0.39 is 6.09 Å². The van der Waals surface area contributed by atoms with Crippen LogP contribution in [0.25, 0.3) is 0 Å². The molecule has 1 aromatic carbocycles. The zero-order chi connectivity index (χ0) is 17.6. The average molecular weight is 409 g/mol. The van der Waals surface area contributed by atoms with Crippen molar-refractivity contribution in [3.8, 4) is 17.4 Å². The van der Waals surface area contributed by atoms with Gasteiger partial charge in [0.05, 0.1) is 10.7 Å². The van der Waals surface area contributed by atoms with Crippen molar-refractivity contribution >= 4 is 28.0 Å². The van der Waals surface area contributed by atoms with Crippen molar-refractivity contribution in [1.82, 2.24) is 9.97 Å². The van der Waals surface area contributed by atoms with Crippen molar-refractivity contribution in [2.45, 2.75) is 18.9 Å². The van der Waals surface area contributed by atoms with Crippen molar-refractivity contribution in [3.63, 3.8) is 0 Å². The van der Waals surface area contributed by atoms with Crippen LogP contribution in [0.3, 0.4) is 0 Å². The van der Waals surface area contributed by atoms with Crippen molar-refractivity contribution in [3.05, 3.63) is 34.9 Å². The number of nitrogens with zero attached hydrogens (tertiary/aromatic N) is 2. The third kappa shape index (κ3) is 5.04. The Balaban J connectivity index is 1.68. The second kappa shape index (κ2) is 8.13. The van der Waals surface area contributed by atoms with E-state index in [-0.39, 0.29) is 6.04 Å². The quantitative estimate of drug-likeness (QED) is 0.781. The molecule has 9 heteroatoms. The molecule has 1 amide bonds. The highest BCUT2D eigenvalue weighted by molar-refractivity contribution is 9.10. The van der Waals surface area contributed by atoms with E-state index in [2.05, 4.69) is 31.2 Å². The summed E-state index contributed by atoms with van der Waals surface area (Å²) in [5.41, 5.74) is 4.97. The Hall–Kier alpha value is -2.39. The maximum Gasteiger partial charge on any atom is 0.409 e. The molecule has 3 N–H and O–H groups in total. The number of amides is 1. The molecule has 0 spiro atoms. The standard InChI is InChI=1S/C16H17BrN4O4/c17-13-9-19-16(20-10-5-7-23-8-6-10)21-14(13)24-11-1-3-12(4-2-11)25-15(18)22/h1-4,9-10H,5-8H2,(H2,18,22)(H,19,20,21). The lowest BCUT2D eigenvalue weighted by Gasteiger charge is -2.23. The number of benzene rings is 1. The van der Waals surface area contributed by atoms with Gasteiger partial charge in [-0.05, 0) is 53.0 Å². The van der Waals surface area contributed by atoms with Crippen LogP contribution in [-0.2, 0) is 4.74 Å². The first kappa shape index (κ1) is 17.4. The van der Waals surface area contributed by atoms with E-state index in [1.54, 1.807) is 30.5 Å². The number of halogens is 1. The molecule has 1 saturated heterocycles. The minimum absolute atomic E-state index is 0.285. The van der Waals surface area contributed by atoms with Crippen LogP contribution >= 0.6 is 15.9 Å². The highest BCUT2D eigenvalue weighted by atomic mass is 79.9. The molecule has 2 heterocycles. The molecule has 25 heavy (non-hydrogen) atoms. The van der Waals surface area contributed by atoms with Crippen LogP contribution in [0, 0.1) is 0 Å². The second-order valence-electron chi connectivity index (χ2n) is 5.37. The summed E-state index contributed by atoms with van der Waals surface area (Å²) in [7, 11) is 0. The summed E-state index contributed by atoms with van der Waals surface area (Å²) in [5, 5.41) is 3.29. The third-order valence-corrected chi connectivity index (χ3v) is 4.07. The maximum atomic E-state index is 10.7. The number of carbonyl (C=O) groups excluding carboxylic acids is 1. The third-order valence-electron chi connectivity index (χ3n) is 3.52. The fourth-order valence-corrected chi connectivity index (χ4v) is 2.59. The van der Waals surface area contributed by atoms with Gasteiger partial charge in [0, 0.05) is 19.3 Å². The first-order chi connectivity index (χ1) is 12.1. The van der Waals surface area contributed by atoms with Gasteiger partial charge in [-0.15, -0.1) is 0 Å². The number of nitrogens with two attached hydrogens (primary N) is 1. The molecule has 0 unspecified atom stereocenters. The smallest absolute Gasteiger partial charge is 0.409 e. The normalized spacial score (nSPS) is 14.8. The van der Waals surface area contributed by atoms with Crippen molar-refractivity contribution in [2.75, 3.05) is 18.5 Å². The molecule has 8 nitrogen and oxygen atoms in total. The Morgan fingerprint density at radius 3 is 2.60 bits per heavy atom. The molecule has 1 aliphatic rings. The lowest BCUT2D eigenvalue weighted by Crippen LogP contribution is -2.28. The number of rotatable bonds is 5. The SMILES string of the molecule is NC(=O)Oc1ccc(Oc2nc(NC3CCOCC3)ncc2Br)cc1. The van der Waals surface area contributed by atoms with Crippen LogP contribution in [0.1, 0.15) is 12.8 Å². The fourth-order valence-electron chi connectivity index (χ4n) is 2.32. The van der Waals surface area contributed by atoms with Gasteiger partial charge in [-0.3, -0.25) is 0 Å². The Morgan fingerprint density at radius 2 is 1.92 bits per heavy atom. The second-order valence-corrected chi connectivity index (χ2v) is 6.23. The Bertz CT molecular complexity index is 735. The molecule has 2 aromatic rings. The summed E-state index contributed by atoms with van der Waals surface area (Å²) < 4.78 is 16.5. The van der Waals surface area contributed by atoms with E-state index in [4.69, 9.17) is 19.9 Å². The van der Waals surface area contributed by atoms with Gasteiger partial charge in [0.1, 0.15) is 11.5 Å². The van der Waals surface area contributed by atoms with E-state index in [0.717, 1.165) is 26.1 Å². The van der Waals surface area contributed by atoms with Crippen LogP contribution in [-0.4, -0.2) is 35.3 Å². The molecule has 0 radical (unpaired) electrons. The summed E-state index contributed by atoms with van der Waals surface area (Å²) in [6.07, 6.45) is 2.60. The van der Waals surface area contributed by atoms with E-state index in [1.807, 2.05) is 0 Å². The molecular weight excluding hydrogens is 392 g/mol. The number of ether oxygens (including phenoxy) is 3. The Morgan fingerprint density at radius 1 is 1.24 bits per heavy atom. The Kier molecular flexibility index (Phi) is 5.67. The molecule has 1 aromatic heterocycles. The number of hydrogen-bond donors (Lipinski definition) is 2. The van der Waals surface area contributed by atoms with Gasteiger partial charge < -0.3 is 25.3 Å². The van der Waals surface area contributed by atoms with Crippen LogP contribution in [0.5, 0.6) is 17.4 Å². The average Bonchev–Trinajstić information content (AvgIpc) is 2.60. The molecular formula is C16H17BrN4O4. The van der Waals surface area contributed by atoms with Crippen molar-refractivity contribution in [1.29, 1.82) is 0 Å². The van der Waals surface area contributed by atoms with Crippen LogP contribution in [0.2, 0.25) is 0 Å². The molecule has 3 rings (SSSR count). The summed E-state index contributed by atoms with van der Waals surface area (Å²) >= 11 is 3.38. The summed E-state index contributed by atoms with van der Waals surface area (Å²) in [5.74, 6) is 1.75. The van der Waals surface area contributed by atoms with Crippen molar-refractivity contribution in [2.24, 2.45) is 5.73 Å². The number of anilines is 1. The number of aromatic nitrogens is 2. The fraction of sp³-hybridized carbons (Fsp3) is 0.312. The Labute approximate surface area is 152 Å². The first-order valence-electron chi connectivity index (χ1n) is 7.72. The topological polar surface area (TPSA) is 109 Å². The molecule has 132 valence electrons. The van der Waals surface area contributed by atoms with Crippen molar-refractivity contribution < 1.29 is 19.0 Å². The molecule has 1 aliphatic heterocycles. The van der Waals surface area contributed by atoms with E-state index in [1.165, 1.54) is 0 Å². The molecule has 1 fully saturated rings. The van der Waals surface area contributed by atoms with Crippen LogP contribution < -0.4 is 20.5 Å². The monoisotopic (exact) mass is 408 g/mol. The maximum absolute atomic E-state index is 10.7. The number of carbonyl (C=O) groups is 1. The predicted molar refractivity (Wildman–Crippen MR) is 93.9 cm³/mol. The van der Waals surface area contributed by atoms with Gasteiger partial charge in [-0.25, -0.2) is 9.78 Å². The van der Waals surface area contributed by atoms with Gasteiger partial charge in [0.15, 0.2) is 0 Å². The molecule has 0 saturated carbocycles. The minimum atomic E-state index is -0.865. The minimum Gasteiger partial charge on any atom is -0.438 e. The van der Waals surface area contributed by atoms with E-state index in [9.17, 15) is 4.79 Å². The highest BCUT2D eigenvalue weighted by Gasteiger charge is 2.16. The van der Waals surface area contributed by atoms with Gasteiger partial charge in [-0.2, -0.15) is 4.98 Å². The van der Waals surface area contributed by atoms with Crippen LogP contribution in [0.15, 0.2) is 34.9 Å².